The average molecular weight is 661 g/mol. The van der Waals surface area contributed by atoms with Crippen molar-refractivity contribution in [2.75, 3.05) is 4.90 Å². The van der Waals surface area contributed by atoms with Gasteiger partial charge in [-0.25, -0.2) is 0 Å². The van der Waals surface area contributed by atoms with Gasteiger partial charge in [-0.15, -0.1) is 0 Å². The minimum absolute atomic E-state index is 0.177. The molecule has 3 aliphatic rings. The molecule has 1 unspecified atom stereocenters. The zero-order valence-electron chi connectivity index (χ0n) is 28.5. The summed E-state index contributed by atoms with van der Waals surface area (Å²) in [6.07, 6.45) is 12.1. The van der Waals surface area contributed by atoms with Crippen LogP contribution in [0.5, 0.6) is 0 Å². The van der Waals surface area contributed by atoms with Gasteiger partial charge in [0.15, 0.2) is 0 Å². The minimum Gasteiger partial charge on any atom is -0.330 e. The van der Waals surface area contributed by atoms with Crippen molar-refractivity contribution in [3.8, 4) is 16.8 Å². The SMILES string of the molecule is C=Cc1c(C=C)c2cc(-c3ccc(-n4c5c6c7c(ccc8c7c7c9c(ccc4c96)C=CC7N8c4ccccc4)CC=5)cc3)ccc2c2ccccc12. The minimum atomic E-state index is 0.177. The van der Waals surface area contributed by atoms with Crippen LogP contribution in [0.1, 0.15) is 33.9 Å². The van der Waals surface area contributed by atoms with Crippen LogP contribution in [0.2, 0.25) is 0 Å². The van der Waals surface area contributed by atoms with E-state index in [0.29, 0.717) is 0 Å². The van der Waals surface area contributed by atoms with Crippen LogP contribution in [-0.4, -0.2) is 4.57 Å². The first-order chi connectivity index (χ1) is 25.7. The second-order valence-electron chi connectivity index (χ2n) is 14.4. The molecule has 1 atom stereocenters. The molecule has 0 fully saturated rings. The number of benzene rings is 8. The van der Waals surface area contributed by atoms with Crippen LogP contribution in [-0.2, 0) is 6.42 Å². The third kappa shape index (κ3) is 3.40. The normalized spacial score (nSPS) is 15.2. The van der Waals surface area contributed by atoms with Crippen LogP contribution in [0.15, 0.2) is 141 Å². The number of rotatable bonds is 5. The van der Waals surface area contributed by atoms with E-state index >= 15 is 0 Å². The Labute approximate surface area is 301 Å². The van der Waals surface area contributed by atoms with Crippen molar-refractivity contribution in [1.29, 1.82) is 0 Å². The molecule has 0 saturated heterocycles. The molecule has 2 heterocycles. The van der Waals surface area contributed by atoms with E-state index in [1.165, 1.54) is 104 Å². The van der Waals surface area contributed by atoms with Crippen LogP contribution >= 0.6 is 0 Å². The first kappa shape index (κ1) is 28.1. The summed E-state index contributed by atoms with van der Waals surface area (Å²) in [5, 5.41) is 13.3. The van der Waals surface area contributed by atoms with Gasteiger partial charge in [0.05, 0.1) is 22.6 Å². The van der Waals surface area contributed by atoms with Crippen LogP contribution in [0.4, 0.5) is 11.4 Å². The first-order valence-electron chi connectivity index (χ1n) is 18.2. The Morgan fingerprint density at radius 1 is 0.577 bits per heavy atom. The summed E-state index contributed by atoms with van der Waals surface area (Å²) in [5.74, 6) is 0. The number of para-hydroxylation sites is 1. The Kier molecular flexibility index (Phi) is 5.40. The fourth-order valence-corrected chi connectivity index (χ4v) is 9.97. The lowest BCUT2D eigenvalue weighted by molar-refractivity contribution is 0.896. The maximum atomic E-state index is 4.21. The summed E-state index contributed by atoms with van der Waals surface area (Å²) in [5.41, 5.74) is 13.9. The van der Waals surface area contributed by atoms with E-state index in [9.17, 15) is 0 Å². The Morgan fingerprint density at radius 2 is 1.33 bits per heavy atom. The van der Waals surface area contributed by atoms with Crippen LogP contribution in [0, 0.1) is 0 Å². The molecule has 0 radical (unpaired) electrons. The van der Waals surface area contributed by atoms with E-state index in [4.69, 9.17) is 0 Å². The highest BCUT2D eigenvalue weighted by Gasteiger charge is 2.38. The first-order valence-corrected chi connectivity index (χ1v) is 18.2. The standard InChI is InChI=1S/C50H32N2/c1-3-35-36(4-2)40-28-32(16-23-39(40)38-13-9-8-12-37(35)38)29-14-21-34(22-15-29)52-43-26-19-30-17-24-41-47-45(30)49(43)50-44(52)27-20-31-18-25-42(48(47)46(31)50)51(41)33-10-6-5-7-11-33/h3-19,21-28,41H,1-2,20H2. The Bertz CT molecular complexity index is 3170. The van der Waals surface area contributed by atoms with Gasteiger partial charge in [-0.1, -0.05) is 122 Å². The number of hydrogen-bond donors (Lipinski definition) is 0. The molecule has 0 amide bonds. The summed E-state index contributed by atoms with van der Waals surface area (Å²) >= 11 is 0. The van der Waals surface area contributed by atoms with Gasteiger partial charge in [0.2, 0.25) is 0 Å². The van der Waals surface area contributed by atoms with E-state index in [2.05, 4.69) is 162 Å². The molecular weight excluding hydrogens is 629 g/mol. The molecule has 2 aliphatic carbocycles. The van der Waals surface area contributed by atoms with Gasteiger partial charge in [0.25, 0.3) is 0 Å². The quantitative estimate of drug-likeness (QED) is 0.132. The largest absolute Gasteiger partial charge is 0.330 e. The molecular formula is C50H32N2. The zero-order chi connectivity index (χ0) is 34.2. The van der Waals surface area contributed by atoms with Gasteiger partial charge in [0.1, 0.15) is 0 Å². The van der Waals surface area contributed by atoms with E-state index < -0.39 is 0 Å². The van der Waals surface area contributed by atoms with E-state index in [0.717, 1.165) is 17.5 Å². The third-order valence-electron chi connectivity index (χ3n) is 12.1. The summed E-state index contributed by atoms with van der Waals surface area (Å²) in [4.78, 5) is 2.55. The molecule has 242 valence electrons. The fraction of sp³-hybridized carbons (Fsp3) is 0.0400. The Balaban J connectivity index is 1.06. The van der Waals surface area contributed by atoms with Gasteiger partial charge in [-0.05, 0) is 120 Å². The van der Waals surface area contributed by atoms with Gasteiger partial charge >= 0.3 is 0 Å². The van der Waals surface area contributed by atoms with Crippen molar-refractivity contribution >= 4 is 89.7 Å². The monoisotopic (exact) mass is 660 g/mol. The third-order valence-corrected chi connectivity index (χ3v) is 12.1. The van der Waals surface area contributed by atoms with Crippen LogP contribution in [0.3, 0.4) is 0 Å². The number of hydrogen-bond acceptors (Lipinski definition) is 1. The molecule has 0 saturated carbocycles. The van der Waals surface area contributed by atoms with Crippen molar-refractivity contribution < 1.29 is 0 Å². The molecule has 2 nitrogen and oxygen atoms in total. The van der Waals surface area contributed by atoms with Crippen LogP contribution in [0.25, 0.3) is 95.1 Å². The highest BCUT2D eigenvalue weighted by atomic mass is 15.2. The molecule has 0 bridgehead atoms. The van der Waals surface area contributed by atoms with Gasteiger partial charge in [-0.3, -0.25) is 0 Å². The number of nitrogens with zero attached hydrogens (tertiary/aromatic N) is 2. The topological polar surface area (TPSA) is 8.17 Å². The molecule has 1 aliphatic heterocycles. The van der Waals surface area contributed by atoms with Crippen molar-refractivity contribution in [2.24, 2.45) is 0 Å². The summed E-state index contributed by atoms with van der Waals surface area (Å²) < 4.78 is 2.51. The lowest BCUT2D eigenvalue weighted by Crippen LogP contribution is -2.18. The maximum Gasteiger partial charge on any atom is 0.0792 e. The molecule has 9 aromatic rings. The lowest BCUT2D eigenvalue weighted by Gasteiger charge is -2.28. The van der Waals surface area contributed by atoms with Crippen molar-refractivity contribution in [3.63, 3.8) is 0 Å². The molecule has 0 spiro atoms. The van der Waals surface area contributed by atoms with E-state index in [-0.39, 0.29) is 6.04 Å². The van der Waals surface area contributed by atoms with Gasteiger partial charge < -0.3 is 9.47 Å². The molecule has 0 N–H and O–H groups in total. The molecule has 8 aromatic carbocycles. The second-order valence-corrected chi connectivity index (χ2v) is 14.4. The smallest absolute Gasteiger partial charge is 0.0792 e. The summed E-state index contributed by atoms with van der Waals surface area (Å²) in [7, 11) is 0. The van der Waals surface area contributed by atoms with Gasteiger partial charge in [-0.2, -0.15) is 0 Å². The van der Waals surface area contributed by atoms with Crippen molar-refractivity contribution in [3.05, 3.63) is 174 Å². The Hall–Kier alpha value is -6.64. The zero-order valence-corrected chi connectivity index (χ0v) is 28.5. The molecule has 1 aromatic heterocycles. The number of aromatic nitrogens is 1. The van der Waals surface area contributed by atoms with Crippen molar-refractivity contribution in [1.82, 2.24) is 4.57 Å². The molecule has 52 heavy (non-hydrogen) atoms. The average Bonchev–Trinajstić information content (AvgIpc) is 3.74. The highest BCUT2D eigenvalue weighted by Crippen LogP contribution is 2.56. The van der Waals surface area contributed by atoms with Crippen LogP contribution < -0.4 is 10.2 Å². The van der Waals surface area contributed by atoms with Gasteiger partial charge in [0, 0.05) is 27.5 Å². The predicted octanol–water partition coefficient (Wildman–Crippen LogP) is 12.5. The highest BCUT2D eigenvalue weighted by molar-refractivity contribution is 6.30. The molecule has 2 heteroatoms. The number of fused-ring (bicyclic) bond motifs is 3. The van der Waals surface area contributed by atoms with Crippen molar-refractivity contribution in [2.45, 2.75) is 12.5 Å². The maximum absolute atomic E-state index is 4.21. The number of anilines is 2. The Morgan fingerprint density at radius 3 is 2.15 bits per heavy atom. The van der Waals surface area contributed by atoms with E-state index in [1.54, 1.807) is 0 Å². The lowest BCUT2D eigenvalue weighted by atomic mass is 9.83. The molecule has 12 rings (SSSR count). The van der Waals surface area contributed by atoms with E-state index in [1.807, 2.05) is 12.2 Å². The second kappa shape index (κ2) is 9.99. The predicted molar refractivity (Wildman–Crippen MR) is 223 cm³/mol. The summed E-state index contributed by atoms with van der Waals surface area (Å²) in [6, 6.07) is 45.1. The summed E-state index contributed by atoms with van der Waals surface area (Å²) in [6.45, 7) is 8.37. The fourth-order valence-electron chi connectivity index (χ4n) is 9.97.